The second-order valence-electron chi connectivity index (χ2n) is 8.91. The maximum Gasteiger partial charge on any atom is 0.230 e. The lowest BCUT2D eigenvalue weighted by Crippen LogP contribution is -2.28. The van der Waals surface area contributed by atoms with E-state index in [9.17, 15) is 9.59 Å². The number of nitrogens with one attached hydrogen (secondary N) is 1. The number of aromatic nitrogens is 2. The Morgan fingerprint density at radius 1 is 1.12 bits per heavy atom. The van der Waals surface area contributed by atoms with Crippen LogP contribution in [0, 0.1) is 19.8 Å². The molecular formula is C25H26N4O3. The third-order valence-electron chi connectivity index (χ3n) is 6.30. The van der Waals surface area contributed by atoms with Crippen molar-refractivity contribution in [3.05, 3.63) is 59.5 Å². The summed E-state index contributed by atoms with van der Waals surface area (Å²) < 4.78 is 5.44. The lowest BCUT2D eigenvalue weighted by molar-refractivity contribution is -0.122. The Morgan fingerprint density at radius 2 is 1.91 bits per heavy atom. The second kappa shape index (κ2) is 8.22. The van der Waals surface area contributed by atoms with Crippen molar-refractivity contribution < 1.29 is 14.1 Å². The lowest BCUT2D eigenvalue weighted by Gasteiger charge is -2.20. The monoisotopic (exact) mass is 430 g/mol. The molecule has 5 rings (SSSR count). The van der Waals surface area contributed by atoms with E-state index in [1.165, 1.54) is 6.42 Å². The molecule has 32 heavy (non-hydrogen) atoms. The fourth-order valence-corrected chi connectivity index (χ4v) is 4.41. The molecule has 3 aromatic rings. The highest BCUT2D eigenvalue weighted by molar-refractivity contribution is 6.03. The predicted octanol–water partition coefficient (Wildman–Crippen LogP) is 4.61. The van der Waals surface area contributed by atoms with Gasteiger partial charge in [0.2, 0.25) is 23.5 Å². The molecule has 1 N–H and O–H groups in total. The van der Waals surface area contributed by atoms with Gasteiger partial charge in [0.25, 0.3) is 0 Å². The molecule has 0 spiro atoms. The summed E-state index contributed by atoms with van der Waals surface area (Å²) in [5.74, 6) is 0.997. The van der Waals surface area contributed by atoms with Crippen molar-refractivity contribution in [2.24, 2.45) is 5.92 Å². The molecule has 1 aliphatic heterocycles. The smallest absolute Gasteiger partial charge is 0.230 e. The summed E-state index contributed by atoms with van der Waals surface area (Å²) >= 11 is 0. The van der Waals surface area contributed by atoms with Crippen LogP contribution in [0.3, 0.4) is 0 Å². The number of nitrogens with zero attached hydrogens (tertiary/aromatic N) is 3. The van der Waals surface area contributed by atoms with Gasteiger partial charge < -0.3 is 14.7 Å². The van der Waals surface area contributed by atoms with Crippen LogP contribution in [0.15, 0.2) is 47.0 Å². The summed E-state index contributed by atoms with van der Waals surface area (Å²) in [4.78, 5) is 31.8. The molecule has 0 bridgehead atoms. The van der Waals surface area contributed by atoms with Gasteiger partial charge in [0.15, 0.2) is 0 Å². The number of amides is 2. The van der Waals surface area contributed by atoms with E-state index in [4.69, 9.17) is 4.52 Å². The molecule has 2 fully saturated rings. The van der Waals surface area contributed by atoms with Gasteiger partial charge >= 0.3 is 0 Å². The van der Waals surface area contributed by atoms with E-state index < -0.39 is 5.92 Å². The summed E-state index contributed by atoms with van der Waals surface area (Å²) in [6.07, 6.45) is 3.58. The fraction of sp³-hybridized carbons (Fsp3) is 0.360. The summed E-state index contributed by atoms with van der Waals surface area (Å²) in [6.45, 7) is 4.34. The van der Waals surface area contributed by atoms with E-state index in [0.717, 1.165) is 40.9 Å². The second-order valence-corrected chi connectivity index (χ2v) is 8.91. The average molecular weight is 431 g/mol. The number of benzene rings is 2. The highest BCUT2D eigenvalue weighted by Crippen LogP contribution is 2.36. The zero-order valence-corrected chi connectivity index (χ0v) is 18.3. The van der Waals surface area contributed by atoms with E-state index in [2.05, 4.69) is 21.5 Å². The average Bonchev–Trinajstić information content (AvgIpc) is 3.33. The molecule has 7 nitrogen and oxygen atoms in total. The van der Waals surface area contributed by atoms with Crippen molar-refractivity contribution in [2.45, 2.75) is 45.4 Å². The van der Waals surface area contributed by atoms with Crippen molar-refractivity contribution in [1.82, 2.24) is 10.1 Å². The Morgan fingerprint density at radius 3 is 2.62 bits per heavy atom. The van der Waals surface area contributed by atoms with Crippen LogP contribution in [0.25, 0.3) is 11.4 Å². The minimum absolute atomic E-state index is 0.0639. The van der Waals surface area contributed by atoms with Crippen LogP contribution < -0.4 is 10.2 Å². The van der Waals surface area contributed by atoms with E-state index in [1.807, 2.05) is 50.2 Å². The predicted molar refractivity (Wildman–Crippen MR) is 121 cm³/mol. The van der Waals surface area contributed by atoms with E-state index in [-0.39, 0.29) is 18.2 Å². The van der Waals surface area contributed by atoms with Crippen LogP contribution in [-0.2, 0) is 9.59 Å². The molecule has 1 aliphatic carbocycles. The first-order valence-electron chi connectivity index (χ1n) is 11.1. The van der Waals surface area contributed by atoms with Gasteiger partial charge in [0.05, 0.1) is 5.92 Å². The molecule has 7 heteroatoms. The van der Waals surface area contributed by atoms with Gasteiger partial charge in [0.1, 0.15) is 0 Å². The summed E-state index contributed by atoms with van der Waals surface area (Å²) in [5, 5.41) is 7.10. The molecule has 2 heterocycles. The first-order chi connectivity index (χ1) is 15.5. The molecule has 2 amide bonds. The molecule has 1 atom stereocenters. The van der Waals surface area contributed by atoms with E-state index in [1.54, 1.807) is 4.90 Å². The SMILES string of the molecule is Cc1cc(C)cc(NC(=O)[C@@H]2CC(=O)N(c3cccc(-c4noc(C5CCC5)n4)c3)C2)c1. The zero-order valence-electron chi connectivity index (χ0n) is 18.3. The normalized spacial score (nSPS) is 18.6. The van der Waals surface area contributed by atoms with Crippen molar-refractivity contribution in [2.75, 3.05) is 16.8 Å². The largest absolute Gasteiger partial charge is 0.339 e. The van der Waals surface area contributed by atoms with Crippen molar-refractivity contribution >= 4 is 23.2 Å². The summed E-state index contributed by atoms with van der Waals surface area (Å²) in [5.41, 5.74) is 4.48. The first kappa shape index (κ1) is 20.4. The van der Waals surface area contributed by atoms with Gasteiger partial charge in [-0.2, -0.15) is 4.98 Å². The van der Waals surface area contributed by atoms with E-state index in [0.29, 0.717) is 24.2 Å². The zero-order chi connectivity index (χ0) is 22.2. The van der Waals surface area contributed by atoms with Gasteiger partial charge in [-0.1, -0.05) is 29.8 Å². The number of hydrogen-bond acceptors (Lipinski definition) is 5. The van der Waals surface area contributed by atoms with Gasteiger partial charge in [-0.05, 0) is 62.1 Å². The number of aryl methyl sites for hydroxylation is 2. The van der Waals surface area contributed by atoms with Gasteiger partial charge in [0, 0.05) is 35.8 Å². The molecule has 1 saturated heterocycles. The minimum Gasteiger partial charge on any atom is -0.339 e. The minimum atomic E-state index is -0.401. The molecule has 1 aromatic heterocycles. The molecule has 164 valence electrons. The summed E-state index contributed by atoms with van der Waals surface area (Å²) in [7, 11) is 0. The van der Waals surface area contributed by atoms with Crippen LogP contribution in [0.2, 0.25) is 0 Å². The van der Waals surface area contributed by atoms with Crippen LogP contribution >= 0.6 is 0 Å². The highest BCUT2D eigenvalue weighted by atomic mass is 16.5. The van der Waals surface area contributed by atoms with Crippen LogP contribution in [0.5, 0.6) is 0 Å². The molecule has 2 aliphatic rings. The Kier molecular flexibility index (Phi) is 5.25. The van der Waals surface area contributed by atoms with Gasteiger partial charge in [-0.25, -0.2) is 0 Å². The maximum absolute atomic E-state index is 12.8. The third-order valence-corrected chi connectivity index (χ3v) is 6.30. The molecule has 2 aromatic carbocycles. The van der Waals surface area contributed by atoms with Crippen LogP contribution in [0.4, 0.5) is 11.4 Å². The molecular weight excluding hydrogens is 404 g/mol. The third kappa shape index (κ3) is 4.02. The molecule has 0 unspecified atom stereocenters. The molecule has 0 radical (unpaired) electrons. The number of rotatable bonds is 5. The highest BCUT2D eigenvalue weighted by Gasteiger charge is 2.35. The van der Waals surface area contributed by atoms with Crippen molar-refractivity contribution in [1.29, 1.82) is 0 Å². The van der Waals surface area contributed by atoms with E-state index >= 15 is 0 Å². The standard InChI is InChI=1S/C25H26N4O3/c1-15-9-16(2)11-20(10-15)26-24(31)19-13-22(30)29(14-19)21-8-4-7-18(12-21)23-27-25(32-28-23)17-5-3-6-17/h4,7-12,17,19H,3,5-6,13-14H2,1-2H3,(H,26,31)/t19-/m1/s1. The fourth-order valence-electron chi connectivity index (χ4n) is 4.41. The van der Waals surface area contributed by atoms with Crippen molar-refractivity contribution in [3.8, 4) is 11.4 Å². The molecule has 1 saturated carbocycles. The number of carbonyl (C=O) groups is 2. The Bertz CT molecular complexity index is 1160. The van der Waals surface area contributed by atoms with Crippen molar-refractivity contribution in [3.63, 3.8) is 0 Å². The Hall–Kier alpha value is -3.48. The Labute approximate surface area is 186 Å². The van der Waals surface area contributed by atoms with Crippen LogP contribution in [0.1, 0.15) is 48.6 Å². The van der Waals surface area contributed by atoms with Crippen LogP contribution in [-0.4, -0.2) is 28.5 Å². The topological polar surface area (TPSA) is 88.3 Å². The van der Waals surface area contributed by atoms with Gasteiger partial charge in [-0.3, -0.25) is 9.59 Å². The number of anilines is 2. The number of hydrogen-bond donors (Lipinski definition) is 1. The lowest BCUT2D eigenvalue weighted by atomic mass is 9.85. The quantitative estimate of drug-likeness (QED) is 0.638. The Balaban J connectivity index is 1.30. The first-order valence-corrected chi connectivity index (χ1v) is 11.1. The summed E-state index contributed by atoms with van der Waals surface area (Å²) in [6, 6.07) is 13.5. The number of carbonyl (C=O) groups excluding carboxylic acids is 2. The van der Waals surface area contributed by atoms with Gasteiger partial charge in [-0.15, -0.1) is 0 Å². The maximum atomic E-state index is 12.8.